The first-order chi connectivity index (χ1) is 6.84. The highest BCUT2D eigenvalue weighted by molar-refractivity contribution is 6.30. The summed E-state index contributed by atoms with van der Waals surface area (Å²) in [6.07, 6.45) is 4.95. The highest BCUT2D eigenvalue weighted by Crippen LogP contribution is 2.11. The molecule has 0 amide bonds. The Labute approximate surface area is 86.0 Å². The van der Waals surface area contributed by atoms with Crippen molar-refractivity contribution >= 4 is 23.8 Å². The van der Waals surface area contributed by atoms with E-state index in [9.17, 15) is 0 Å². The van der Waals surface area contributed by atoms with Gasteiger partial charge in [-0.15, -0.1) is 0 Å². The zero-order valence-electron chi connectivity index (χ0n) is 7.22. The van der Waals surface area contributed by atoms with Gasteiger partial charge in [0.05, 0.1) is 0 Å². The molecule has 0 fully saturated rings. The molecule has 1 aromatic heterocycles. The van der Waals surface area contributed by atoms with Gasteiger partial charge in [-0.25, -0.2) is 0 Å². The number of aromatic nitrogens is 2. The van der Waals surface area contributed by atoms with Crippen LogP contribution in [0.15, 0.2) is 35.2 Å². The van der Waals surface area contributed by atoms with E-state index < -0.39 is 0 Å². The average molecular weight is 207 g/mol. The van der Waals surface area contributed by atoms with E-state index in [1.54, 1.807) is 6.08 Å². The maximum Gasteiger partial charge on any atom is 0.214 e. The van der Waals surface area contributed by atoms with Gasteiger partial charge in [0.15, 0.2) is 5.82 Å². The van der Waals surface area contributed by atoms with Crippen molar-refractivity contribution in [3.05, 3.63) is 47.1 Å². The second-order valence-electron chi connectivity index (χ2n) is 2.67. The molecule has 14 heavy (non-hydrogen) atoms. The van der Waals surface area contributed by atoms with Gasteiger partial charge >= 0.3 is 0 Å². The van der Waals surface area contributed by atoms with Gasteiger partial charge in [0.2, 0.25) is 6.39 Å². The quantitative estimate of drug-likeness (QED) is 0.759. The topological polar surface area (TPSA) is 38.9 Å². The van der Waals surface area contributed by atoms with Crippen LogP contribution >= 0.6 is 11.6 Å². The van der Waals surface area contributed by atoms with E-state index in [4.69, 9.17) is 11.6 Å². The first-order valence-corrected chi connectivity index (χ1v) is 4.42. The smallest absolute Gasteiger partial charge is 0.214 e. The van der Waals surface area contributed by atoms with Crippen LogP contribution in [0.25, 0.3) is 12.2 Å². The highest BCUT2D eigenvalue weighted by Gasteiger charge is 1.91. The molecule has 0 bridgehead atoms. The Kier molecular flexibility index (Phi) is 2.60. The molecule has 0 spiro atoms. The van der Waals surface area contributed by atoms with Gasteiger partial charge in [-0.3, -0.25) is 0 Å². The van der Waals surface area contributed by atoms with Gasteiger partial charge in [0.1, 0.15) is 0 Å². The van der Waals surface area contributed by atoms with Crippen LogP contribution in [0.2, 0.25) is 5.02 Å². The Morgan fingerprint density at radius 2 is 1.93 bits per heavy atom. The molecule has 0 N–H and O–H groups in total. The predicted octanol–water partition coefficient (Wildman–Crippen LogP) is 2.89. The number of nitrogens with zero attached hydrogens (tertiary/aromatic N) is 2. The SMILES string of the molecule is Clc1ccc(C=Cc2ncon2)cc1. The number of benzene rings is 1. The number of hydrogen-bond acceptors (Lipinski definition) is 3. The van der Waals surface area contributed by atoms with E-state index >= 15 is 0 Å². The lowest BCUT2D eigenvalue weighted by atomic mass is 10.2. The van der Waals surface area contributed by atoms with Gasteiger partial charge in [-0.05, 0) is 23.8 Å². The van der Waals surface area contributed by atoms with Crippen molar-refractivity contribution in [3.63, 3.8) is 0 Å². The lowest BCUT2D eigenvalue weighted by molar-refractivity contribution is 0.415. The van der Waals surface area contributed by atoms with E-state index in [0.717, 1.165) is 10.6 Å². The Hall–Kier alpha value is -1.61. The summed E-state index contributed by atoms with van der Waals surface area (Å²) < 4.78 is 4.59. The molecule has 0 saturated carbocycles. The third-order valence-electron chi connectivity index (χ3n) is 1.67. The molecule has 3 nitrogen and oxygen atoms in total. The molecule has 0 unspecified atom stereocenters. The van der Waals surface area contributed by atoms with Crippen LogP contribution in [0.5, 0.6) is 0 Å². The molecule has 0 aliphatic rings. The lowest BCUT2D eigenvalue weighted by Crippen LogP contribution is -1.74. The standard InChI is InChI=1S/C10H7ClN2O/c11-9-4-1-8(2-5-9)3-6-10-12-7-14-13-10/h1-7H. The predicted molar refractivity (Wildman–Crippen MR) is 54.7 cm³/mol. The van der Waals surface area contributed by atoms with Crippen LogP contribution in [-0.4, -0.2) is 10.1 Å². The first-order valence-electron chi connectivity index (χ1n) is 4.04. The molecule has 70 valence electrons. The van der Waals surface area contributed by atoms with E-state index in [-0.39, 0.29) is 0 Å². The molecule has 0 saturated heterocycles. The van der Waals surface area contributed by atoms with Gasteiger partial charge in [-0.1, -0.05) is 35.0 Å². The summed E-state index contributed by atoms with van der Waals surface area (Å²) in [7, 11) is 0. The van der Waals surface area contributed by atoms with E-state index in [1.165, 1.54) is 6.39 Å². The molecule has 0 aliphatic carbocycles. The zero-order chi connectivity index (χ0) is 9.80. The van der Waals surface area contributed by atoms with Crippen molar-refractivity contribution in [1.82, 2.24) is 10.1 Å². The number of halogens is 1. The van der Waals surface area contributed by atoms with Crippen molar-refractivity contribution in [2.75, 3.05) is 0 Å². The number of rotatable bonds is 2. The van der Waals surface area contributed by atoms with Gasteiger partial charge < -0.3 is 4.52 Å². The van der Waals surface area contributed by atoms with Crippen molar-refractivity contribution < 1.29 is 4.52 Å². The second-order valence-corrected chi connectivity index (χ2v) is 3.11. The lowest BCUT2D eigenvalue weighted by Gasteiger charge is -1.91. The summed E-state index contributed by atoms with van der Waals surface area (Å²) in [5, 5.41) is 4.37. The van der Waals surface area contributed by atoms with Crippen LogP contribution in [0.3, 0.4) is 0 Å². The minimum absolute atomic E-state index is 0.556. The maximum absolute atomic E-state index is 5.75. The van der Waals surface area contributed by atoms with Gasteiger partial charge in [0, 0.05) is 5.02 Å². The van der Waals surface area contributed by atoms with Crippen LogP contribution in [0.1, 0.15) is 11.4 Å². The Balaban J connectivity index is 2.15. The third kappa shape index (κ3) is 2.20. The monoisotopic (exact) mass is 206 g/mol. The van der Waals surface area contributed by atoms with Crippen LogP contribution < -0.4 is 0 Å². The Bertz CT molecular complexity index is 420. The summed E-state index contributed by atoms with van der Waals surface area (Å²) in [4.78, 5) is 3.86. The number of hydrogen-bond donors (Lipinski definition) is 0. The first kappa shape index (κ1) is 8.97. The summed E-state index contributed by atoms with van der Waals surface area (Å²) in [5.74, 6) is 0.556. The van der Waals surface area contributed by atoms with Crippen molar-refractivity contribution in [1.29, 1.82) is 0 Å². The molecule has 4 heteroatoms. The molecule has 1 aromatic carbocycles. The second kappa shape index (κ2) is 4.07. The van der Waals surface area contributed by atoms with Crippen LogP contribution in [-0.2, 0) is 0 Å². The Morgan fingerprint density at radius 3 is 2.57 bits per heavy atom. The van der Waals surface area contributed by atoms with E-state index in [0.29, 0.717) is 5.82 Å². The molecule has 0 aliphatic heterocycles. The fourth-order valence-corrected chi connectivity index (χ4v) is 1.12. The maximum atomic E-state index is 5.75. The summed E-state index contributed by atoms with van der Waals surface area (Å²) in [6.45, 7) is 0. The summed E-state index contributed by atoms with van der Waals surface area (Å²) in [6, 6.07) is 7.49. The fraction of sp³-hybridized carbons (Fsp3) is 0. The van der Waals surface area contributed by atoms with E-state index in [1.807, 2.05) is 30.3 Å². The minimum atomic E-state index is 0.556. The molecule has 0 radical (unpaired) electrons. The summed E-state index contributed by atoms with van der Waals surface area (Å²) >= 11 is 5.75. The van der Waals surface area contributed by atoms with Crippen molar-refractivity contribution in [3.8, 4) is 0 Å². The molecule has 1 heterocycles. The normalized spacial score (nSPS) is 10.9. The van der Waals surface area contributed by atoms with Gasteiger partial charge in [0.25, 0.3) is 0 Å². The molecular weight excluding hydrogens is 200 g/mol. The average Bonchev–Trinajstić information content (AvgIpc) is 2.70. The Morgan fingerprint density at radius 1 is 1.14 bits per heavy atom. The third-order valence-corrected chi connectivity index (χ3v) is 1.93. The van der Waals surface area contributed by atoms with Gasteiger partial charge in [-0.2, -0.15) is 4.98 Å². The zero-order valence-corrected chi connectivity index (χ0v) is 7.98. The highest BCUT2D eigenvalue weighted by atomic mass is 35.5. The molecule has 2 aromatic rings. The molecule has 0 atom stereocenters. The summed E-state index contributed by atoms with van der Waals surface area (Å²) in [5.41, 5.74) is 1.04. The van der Waals surface area contributed by atoms with Crippen molar-refractivity contribution in [2.24, 2.45) is 0 Å². The fourth-order valence-electron chi connectivity index (χ4n) is 0.997. The molecular formula is C10H7ClN2O. The van der Waals surface area contributed by atoms with Crippen LogP contribution in [0.4, 0.5) is 0 Å². The molecule has 2 rings (SSSR count). The van der Waals surface area contributed by atoms with Crippen LogP contribution in [0, 0.1) is 0 Å². The van der Waals surface area contributed by atoms with Crippen molar-refractivity contribution in [2.45, 2.75) is 0 Å². The minimum Gasteiger partial charge on any atom is -0.342 e. The largest absolute Gasteiger partial charge is 0.342 e. The van der Waals surface area contributed by atoms with E-state index in [2.05, 4.69) is 14.7 Å².